The Morgan fingerprint density at radius 2 is 1.74 bits per heavy atom. The molecule has 1 aliphatic heterocycles. The lowest BCUT2D eigenvalue weighted by atomic mass is 9.86. The maximum absolute atomic E-state index is 11.6. The topological polar surface area (TPSA) is 50.4 Å². The normalized spacial score (nSPS) is 28.6. The molecule has 1 heterocycles. The van der Waals surface area contributed by atoms with Crippen molar-refractivity contribution in [3.63, 3.8) is 0 Å². The van der Waals surface area contributed by atoms with Gasteiger partial charge in [-0.25, -0.2) is 4.79 Å². The molecule has 0 aromatic rings. The van der Waals surface area contributed by atoms with Crippen LogP contribution in [0.3, 0.4) is 0 Å². The van der Waals surface area contributed by atoms with E-state index in [1.54, 1.807) is 0 Å². The first-order valence-corrected chi connectivity index (χ1v) is 8.41. The predicted octanol–water partition coefficient (Wildman–Crippen LogP) is 2.53. The number of ether oxygens (including phenoxy) is 1. The van der Waals surface area contributed by atoms with Gasteiger partial charge in [-0.3, -0.25) is 0 Å². The third kappa shape index (κ3) is 5.22. The highest BCUT2D eigenvalue weighted by molar-refractivity contribution is 7.99. The molecule has 5 heteroatoms. The molecule has 0 unspecified atom stereocenters. The van der Waals surface area contributed by atoms with Crippen LogP contribution < -0.4 is 10.6 Å². The number of alkyl carbamates (subject to hydrolysis) is 1. The molecule has 0 atom stereocenters. The van der Waals surface area contributed by atoms with Gasteiger partial charge in [-0.05, 0) is 58.0 Å². The van der Waals surface area contributed by atoms with Gasteiger partial charge in [-0.15, -0.1) is 0 Å². The number of amides is 1. The second kappa shape index (κ2) is 6.35. The van der Waals surface area contributed by atoms with Crippen LogP contribution in [0.15, 0.2) is 0 Å². The minimum atomic E-state index is -0.411. The summed E-state index contributed by atoms with van der Waals surface area (Å²) in [6.45, 7) is 5.66. The molecule has 4 nitrogen and oxygen atoms in total. The van der Waals surface area contributed by atoms with Crippen molar-refractivity contribution in [3.05, 3.63) is 0 Å². The SMILES string of the molecule is CC(C)(C)OC(=O)NC1CC(NC2CCSCC2)C1. The molecule has 2 N–H and O–H groups in total. The molecule has 0 bridgehead atoms. The van der Waals surface area contributed by atoms with Crippen molar-refractivity contribution < 1.29 is 9.53 Å². The largest absolute Gasteiger partial charge is 0.444 e. The minimum Gasteiger partial charge on any atom is -0.444 e. The number of thioether (sulfide) groups is 1. The van der Waals surface area contributed by atoms with Crippen molar-refractivity contribution in [3.8, 4) is 0 Å². The smallest absolute Gasteiger partial charge is 0.407 e. The molecule has 2 fully saturated rings. The third-order valence-electron chi connectivity index (χ3n) is 3.55. The number of hydrogen-bond acceptors (Lipinski definition) is 4. The van der Waals surface area contributed by atoms with E-state index in [2.05, 4.69) is 22.4 Å². The van der Waals surface area contributed by atoms with E-state index >= 15 is 0 Å². The van der Waals surface area contributed by atoms with E-state index < -0.39 is 5.60 Å². The monoisotopic (exact) mass is 286 g/mol. The van der Waals surface area contributed by atoms with E-state index in [1.807, 2.05) is 20.8 Å². The molecule has 0 spiro atoms. The van der Waals surface area contributed by atoms with Crippen molar-refractivity contribution >= 4 is 17.9 Å². The Morgan fingerprint density at radius 3 is 2.32 bits per heavy atom. The van der Waals surface area contributed by atoms with Crippen LogP contribution in [-0.2, 0) is 4.74 Å². The Balaban J connectivity index is 1.59. The lowest BCUT2D eigenvalue weighted by molar-refractivity contribution is 0.0462. The number of carbonyl (C=O) groups excluding carboxylic acids is 1. The van der Waals surface area contributed by atoms with E-state index in [1.165, 1.54) is 24.3 Å². The van der Waals surface area contributed by atoms with Crippen LogP contribution in [-0.4, -0.2) is 41.3 Å². The van der Waals surface area contributed by atoms with Gasteiger partial charge in [0.2, 0.25) is 0 Å². The fourth-order valence-corrected chi connectivity index (χ4v) is 3.65. The van der Waals surface area contributed by atoms with Crippen LogP contribution in [0, 0.1) is 0 Å². The number of rotatable bonds is 3. The second-order valence-corrected chi connectivity index (χ2v) is 7.79. The van der Waals surface area contributed by atoms with E-state index in [0.29, 0.717) is 12.1 Å². The van der Waals surface area contributed by atoms with Crippen molar-refractivity contribution in [1.82, 2.24) is 10.6 Å². The van der Waals surface area contributed by atoms with Crippen LogP contribution in [0.2, 0.25) is 0 Å². The maximum Gasteiger partial charge on any atom is 0.407 e. The highest BCUT2D eigenvalue weighted by Gasteiger charge is 2.32. The summed E-state index contributed by atoms with van der Waals surface area (Å²) in [5.74, 6) is 2.56. The number of carbonyl (C=O) groups is 1. The van der Waals surface area contributed by atoms with Crippen LogP contribution in [0.1, 0.15) is 46.5 Å². The third-order valence-corrected chi connectivity index (χ3v) is 4.60. The fraction of sp³-hybridized carbons (Fsp3) is 0.929. The van der Waals surface area contributed by atoms with E-state index in [0.717, 1.165) is 12.8 Å². The summed E-state index contributed by atoms with van der Waals surface area (Å²) in [6, 6.07) is 1.55. The van der Waals surface area contributed by atoms with E-state index in [9.17, 15) is 4.79 Å². The summed E-state index contributed by atoms with van der Waals surface area (Å²) in [5, 5.41) is 6.64. The standard InChI is InChI=1S/C14H26N2O2S/c1-14(2,3)18-13(17)16-12-8-11(9-12)15-10-4-6-19-7-5-10/h10-12,15H,4-9H2,1-3H3,(H,16,17). The Morgan fingerprint density at radius 1 is 1.11 bits per heavy atom. The van der Waals surface area contributed by atoms with E-state index in [-0.39, 0.29) is 12.1 Å². The zero-order valence-corrected chi connectivity index (χ0v) is 13.0. The Bertz CT molecular complexity index is 305. The van der Waals surface area contributed by atoms with Gasteiger partial charge in [0.05, 0.1) is 0 Å². The van der Waals surface area contributed by atoms with Gasteiger partial charge < -0.3 is 15.4 Å². The van der Waals surface area contributed by atoms with Crippen LogP contribution in [0.4, 0.5) is 4.79 Å². The molecule has 110 valence electrons. The van der Waals surface area contributed by atoms with Gasteiger partial charge in [0.1, 0.15) is 5.60 Å². The molecule has 1 saturated carbocycles. The first-order valence-electron chi connectivity index (χ1n) is 7.26. The van der Waals surface area contributed by atoms with Crippen LogP contribution >= 0.6 is 11.8 Å². The Hall–Kier alpha value is -0.420. The zero-order chi connectivity index (χ0) is 13.9. The van der Waals surface area contributed by atoms with Crippen molar-refractivity contribution in [2.45, 2.75) is 70.2 Å². The molecule has 0 radical (unpaired) electrons. The van der Waals surface area contributed by atoms with Crippen molar-refractivity contribution in [2.24, 2.45) is 0 Å². The molecule has 1 amide bonds. The first-order chi connectivity index (χ1) is 8.92. The summed E-state index contributed by atoms with van der Waals surface area (Å²) >= 11 is 2.05. The Labute approximate surface area is 120 Å². The molecule has 2 rings (SSSR count). The predicted molar refractivity (Wildman–Crippen MR) is 79.7 cm³/mol. The summed E-state index contributed by atoms with van der Waals surface area (Å²) in [6.07, 6.45) is 4.34. The summed E-state index contributed by atoms with van der Waals surface area (Å²) in [5.41, 5.74) is -0.411. The zero-order valence-electron chi connectivity index (χ0n) is 12.2. The van der Waals surface area contributed by atoms with Gasteiger partial charge in [0.15, 0.2) is 0 Å². The molecule has 0 aromatic heterocycles. The first kappa shape index (κ1) is 15.0. The maximum atomic E-state index is 11.6. The Kier molecular flexibility index (Phi) is 5.01. The van der Waals surface area contributed by atoms with Crippen molar-refractivity contribution in [1.29, 1.82) is 0 Å². The lowest BCUT2D eigenvalue weighted by Gasteiger charge is -2.39. The summed E-state index contributed by atoms with van der Waals surface area (Å²) in [4.78, 5) is 11.6. The quantitative estimate of drug-likeness (QED) is 0.837. The second-order valence-electron chi connectivity index (χ2n) is 6.56. The highest BCUT2D eigenvalue weighted by atomic mass is 32.2. The van der Waals surface area contributed by atoms with E-state index in [4.69, 9.17) is 4.74 Å². The minimum absolute atomic E-state index is 0.283. The van der Waals surface area contributed by atoms with Crippen molar-refractivity contribution in [2.75, 3.05) is 11.5 Å². The summed E-state index contributed by atoms with van der Waals surface area (Å²) < 4.78 is 5.26. The van der Waals surface area contributed by atoms with Gasteiger partial charge >= 0.3 is 6.09 Å². The lowest BCUT2D eigenvalue weighted by Crippen LogP contribution is -2.55. The van der Waals surface area contributed by atoms with Gasteiger partial charge in [0, 0.05) is 18.1 Å². The fourth-order valence-electron chi connectivity index (χ4n) is 2.54. The number of hydrogen-bond donors (Lipinski definition) is 2. The van der Waals surface area contributed by atoms with Crippen LogP contribution in [0.5, 0.6) is 0 Å². The van der Waals surface area contributed by atoms with Gasteiger partial charge in [0.25, 0.3) is 0 Å². The molecule has 0 aromatic carbocycles. The average molecular weight is 286 g/mol. The van der Waals surface area contributed by atoms with Gasteiger partial charge in [-0.2, -0.15) is 11.8 Å². The highest BCUT2D eigenvalue weighted by Crippen LogP contribution is 2.24. The molecular formula is C14H26N2O2S. The number of nitrogens with one attached hydrogen (secondary N) is 2. The molecule has 19 heavy (non-hydrogen) atoms. The summed E-state index contributed by atoms with van der Waals surface area (Å²) in [7, 11) is 0. The molecular weight excluding hydrogens is 260 g/mol. The molecule has 1 saturated heterocycles. The average Bonchev–Trinajstić information content (AvgIpc) is 2.25. The van der Waals surface area contributed by atoms with Crippen LogP contribution in [0.25, 0.3) is 0 Å². The van der Waals surface area contributed by atoms with Gasteiger partial charge in [-0.1, -0.05) is 0 Å². The molecule has 2 aliphatic rings. The molecule has 1 aliphatic carbocycles.